The third kappa shape index (κ3) is 3.85. The predicted molar refractivity (Wildman–Crippen MR) is 97.0 cm³/mol. The number of aromatic nitrogens is 1. The van der Waals surface area contributed by atoms with E-state index in [4.69, 9.17) is 16.3 Å². The second-order valence-electron chi connectivity index (χ2n) is 6.04. The number of halogens is 1. The molecule has 0 aliphatic heterocycles. The van der Waals surface area contributed by atoms with Crippen molar-refractivity contribution in [3.05, 3.63) is 34.5 Å². The van der Waals surface area contributed by atoms with Gasteiger partial charge in [-0.05, 0) is 31.9 Å². The van der Waals surface area contributed by atoms with Gasteiger partial charge in [-0.15, -0.1) is 0 Å². The Hall–Kier alpha value is -2.34. The molecule has 3 rings (SSSR count). The normalized spacial score (nSPS) is 15.1. The number of nitrogens with one attached hydrogen (secondary N) is 2. The van der Waals surface area contributed by atoms with Crippen LogP contribution in [0.5, 0.6) is 0 Å². The van der Waals surface area contributed by atoms with Gasteiger partial charge in [0.25, 0.3) is 0 Å². The molecule has 0 saturated heterocycles. The molecule has 1 aromatic heterocycles. The summed E-state index contributed by atoms with van der Waals surface area (Å²) in [6, 6.07) is 5.27. The van der Waals surface area contributed by atoms with Crippen molar-refractivity contribution in [1.82, 2.24) is 10.4 Å². The van der Waals surface area contributed by atoms with Crippen LogP contribution in [0.15, 0.2) is 23.3 Å². The number of fused-ring (bicyclic) bond motifs is 1. The molecule has 2 aromatic rings. The number of carbonyl (C=O) groups is 2. The van der Waals surface area contributed by atoms with Crippen molar-refractivity contribution >= 4 is 40.6 Å². The van der Waals surface area contributed by atoms with Crippen molar-refractivity contribution in [2.24, 2.45) is 11.0 Å². The van der Waals surface area contributed by atoms with Crippen molar-refractivity contribution in [1.29, 1.82) is 0 Å². The number of hydrogen-bond acceptors (Lipinski definition) is 4. The van der Waals surface area contributed by atoms with E-state index in [2.05, 4.69) is 15.5 Å². The molecule has 0 atom stereocenters. The first kappa shape index (κ1) is 17.5. The van der Waals surface area contributed by atoms with Crippen LogP contribution in [0.4, 0.5) is 0 Å². The van der Waals surface area contributed by atoms with Crippen molar-refractivity contribution in [3.8, 4) is 0 Å². The topological polar surface area (TPSA) is 83.6 Å². The van der Waals surface area contributed by atoms with E-state index in [-0.39, 0.29) is 24.1 Å². The first-order valence-corrected chi connectivity index (χ1v) is 8.79. The minimum atomic E-state index is -0.474. The molecule has 1 amide bonds. The van der Waals surface area contributed by atoms with E-state index in [1.165, 1.54) is 6.21 Å². The molecule has 7 heteroatoms. The zero-order valence-corrected chi connectivity index (χ0v) is 14.7. The summed E-state index contributed by atoms with van der Waals surface area (Å²) in [7, 11) is 0. The highest BCUT2D eigenvalue weighted by molar-refractivity contribution is 6.31. The molecule has 1 heterocycles. The molecule has 0 bridgehead atoms. The maximum atomic E-state index is 12.2. The quantitative estimate of drug-likeness (QED) is 0.484. The van der Waals surface area contributed by atoms with Crippen molar-refractivity contribution in [2.45, 2.75) is 32.6 Å². The second kappa shape index (κ2) is 7.70. The Morgan fingerprint density at radius 1 is 1.40 bits per heavy atom. The zero-order valence-electron chi connectivity index (χ0n) is 14.0. The van der Waals surface area contributed by atoms with E-state index in [1.54, 1.807) is 25.1 Å². The van der Waals surface area contributed by atoms with Crippen LogP contribution < -0.4 is 5.43 Å². The number of H-pyrrole nitrogens is 1. The van der Waals surface area contributed by atoms with Gasteiger partial charge >= 0.3 is 5.97 Å². The lowest BCUT2D eigenvalue weighted by molar-refractivity contribution is -0.124. The molecular formula is C18H20ClN3O3. The summed E-state index contributed by atoms with van der Waals surface area (Å²) in [4.78, 5) is 27.3. The Kier molecular flexibility index (Phi) is 5.38. The van der Waals surface area contributed by atoms with Gasteiger partial charge in [-0.1, -0.05) is 30.5 Å². The van der Waals surface area contributed by atoms with Gasteiger partial charge in [0, 0.05) is 27.4 Å². The van der Waals surface area contributed by atoms with E-state index >= 15 is 0 Å². The van der Waals surface area contributed by atoms with Crippen molar-refractivity contribution in [2.75, 3.05) is 6.61 Å². The second-order valence-corrected chi connectivity index (χ2v) is 6.48. The zero-order chi connectivity index (χ0) is 17.8. The van der Waals surface area contributed by atoms with Crippen LogP contribution in [-0.4, -0.2) is 29.7 Å². The Bertz CT molecular complexity index is 822. The summed E-state index contributed by atoms with van der Waals surface area (Å²) in [6.07, 6.45) is 5.45. The van der Waals surface area contributed by atoms with Crippen LogP contribution in [0, 0.1) is 5.92 Å². The summed E-state index contributed by atoms with van der Waals surface area (Å²) in [5.41, 5.74) is 4.14. The average molecular weight is 362 g/mol. The Balaban J connectivity index is 1.87. The summed E-state index contributed by atoms with van der Waals surface area (Å²) >= 11 is 6.01. The van der Waals surface area contributed by atoms with Gasteiger partial charge in [0.1, 0.15) is 5.69 Å². The average Bonchev–Trinajstić information content (AvgIpc) is 3.23. The number of hydrogen-bond donors (Lipinski definition) is 2. The van der Waals surface area contributed by atoms with Crippen molar-refractivity contribution < 1.29 is 14.3 Å². The molecule has 132 valence electrons. The number of hydrazone groups is 1. The highest BCUT2D eigenvalue weighted by Crippen LogP contribution is 2.26. The summed E-state index contributed by atoms with van der Waals surface area (Å²) < 4.78 is 5.08. The molecule has 2 N–H and O–H groups in total. The van der Waals surface area contributed by atoms with E-state index in [1.807, 2.05) is 0 Å². The third-order valence-corrected chi connectivity index (χ3v) is 4.61. The minimum absolute atomic E-state index is 0.0310. The van der Waals surface area contributed by atoms with Crippen molar-refractivity contribution in [3.63, 3.8) is 0 Å². The van der Waals surface area contributed by atoms with Gasteiger partial charge in [-0.2, -0.15) is 5.10 Å². The fourth-order valence-corrected chi connectivity index (χ4v) is 3.30. The monoisotopic (exact) mass is 361 g/mol. The van der Waals surface area contributed by atoms with Gasteiger partial charge in [0.15, 0.2) is 0 Å². The number of carbonyl (C=O) groups excluding carboxylic acids is 2. The van der Waals surface area contributed by atoms with E-state index in [0.29, 0.717) is 16.1 Å². The Morgan fingerprint density at radius 2 is 2.16 bits per heavy atom. The maximum absolute atomic E-state index is 12.2. The maximum Gasteiger partial charge on any atom is 0.355 e. The summed E-state index contributed by atoms with van der Waals surface area (Å²) in [6.45, 7) is 2.01. The van der Waals surface area contributed by atoms with Gasteiger partial charge in [0.2, 0.25) is 5.91 Å². The fourth-order valence-electron chi connectivity index (χ4n) is 3.13. The first-order valence-electron chi connectivity index (χ1n) is 8.41. The third-order valence-electron chi connectivity index (χ3n) is 4.37. The molecule has 1 fully saturated rings. The number of nitrogens with zero attached hydrogens (tertiary/aromatic N) is 1. The molecular weight excluding hydrogens is 342 g/mol. The van der Waals surface area contributed by atoms with Crippen LogP contribution in [-0.2, 0) is 9.53 Å². The van der Waals surface area contributed by atoms with E-state index < -0.39 is 5.97 Å². The number of aromatic amines is 1. The molecule has 0 spiro atoms. The molecule has 1 aliphatic rings. The number of amides is 1. The van der Waals surface area contributed by atoms with Gasteiger partial charge < -0.3 is 9.72 Å². The lowest BCUT2D eigenvalue weighted by Crippen LogP contribution is -2.25. The first-order chi connectivity index (χ1) is 12.1. The van der Waals surface area contributed by atoms with Crippen LogP contribution in [0.25, 0.3) is 10.9 Å². The van der Waals surface area contributed by atoms with Crippen LogP contribution in [0.2, 0.25) is 5.02 Å². The fraction of sp³-hybridized carbons (Fsp3) is 0.389. The van der Waals surface area contributed by atoms with E-state index in [0.717, 1.165) is 31.1 Å². The minimum Gasteiger partial charge on any atom is -0.461 e. The van der Waals surface area contributed by atoms with Gasteiger partial charge in [-0.3, -0.25) is 4.79 Å². The molecule has 0 radical (unpaired) electrons. The van der Waals surface area contributed by atoms with Crippen LogP contribution in [0.3, 0.4) is 0 Å². The van der Waals surface area contributed by atoms with E-state index in [9.17, 15) is 9.59 Å². The summed E-state index contributed by atoms with van der Waals surface area (Å²) in [5, 5.41) is 5.39. The molecule has 6 nitrogen and oxygen atoms in total. The predicted octanol–water partition coefficient (Wildman–Crippen LogP) is 3.64. The molecule has 0 unspecified atom stereocenters. The summed E-state index contributed by atoms with van der Waals surface area (Å²) in [5.74, 6) is -0.517. The SMILES string of the molecule is CCOC(=O)c1[nH]c2cc(Cl)ccc2c1/C=N/NC(=O)C1CCCC1. The number of esters is 1. The molecule has 1 aliphatic carbocycles. The Labute approximate surface area is 150 Å². The molecule has 1 saturated carbocycles. The number of ether oxygens (including phenoxy) is 1. The lowest BCUT2D eigenvalue weighted by Gasteiger charge is -2.05. The Morgan fingerprint density at radius 3 is 2.88 bits per heavy atom. The standard InChI is InChI=1S/C18H20ClN3O3/c1-2-25-18(24)16-14(13-8-7-12(19)9-15(13)21-16)10-20-22-17(23)11-5-3-4-6-11/h7-11,21H,2-6H2,1H3,(H,22,23)/b20-10+. The largest absolute Gasteiger partial charge is 0.461 e. The van der Waals surface area contributed by atoms with Crippen LogP contribution in [0.1, 0.15) is 48.7 Å². The molecule has 1 aromatic carbocycles. The highest BCUT2D eigenvalue weighted by atomic mass is 35.5. The smallest absolute Gasteiger partial charge is 0.355 e. The lowest BCUT2D eigenvalue weighted by atomic mass is 10.1. The highest BCUT2D eigenvalue weighted by Gasteiger charge is 2.22. The number of benzene rings is 1. The van der Waals surface area contributed by atoms with Gasteiger partial charge in [0.05, 0.1) is 12.8 Å². The van der Waals surface area contributed by atoms with Crippen LogP contribution >= 0.6 is 11.6 Å². The number of rotatable bonds is 5. The van der Waals surface area contributed by atoms with Gasteiger partial charge in [-0.25, -0.2) is 10.2 Å². The molecule has 25 heavy (non-hydrogen) atoms.